The minimum absolute atomic E-state index is 0.291. The van der Waals surface area contributed by atoms with Crippen molar-refractivity contribution in [3.8, 4) is 0 Å². The Kier molecular flexibility index (Phi) is 6.70. The monoisotopic (exact) mass is 467 g/mol. The van der Waals surface area contributed by atoms with Gasteiger partial charge < -0.3 is 14.5 Å². The smallest absolute Gasteiger partial charge is 0.0726 e. The normalized spacial score (nSPS) is 30.5. The highest BCUT2D eigenvalue weighted by atomic mass is 16.5. The molecule has 2 unspecified atom stereocenters. The van der Waals surface area contributed by atoms with Crippen LogP contribution in [0.25, 0.3) is 0 Å². The lowest BCUT2D eigenvalue weighted by Gasteiger charge is -2.47. The van der Waals surface area contributed by atoms with Gasteiger partial charge in [-0.2, -0.15) is 0 Å². The fourth-order valence-corrected chi connectivity index (χ4v) is 7.65. The number of morpholine rings is 1. The summed E-state index contributed by atoms with van der Waals surface area (Å²) in [5.41, 5.74) is 5.31. The second-order valence-electron chi connectivity index (χ2n) is 13.7. The van der Waals surface area contributed by atoms with Crippen molar-refractivity contribution in [2.75, 3.05) is 55.6 Å². The van der Waals surface area contributed by atoms with Crippen molar-refractivity contribution < 1.29 is 4.74 Å². The molecule has 34 heavy (non-hydrogen) atoms. The van der Waals surface area contributed by atoms with Crippen molar-refractivity contribution in [3.05, 3.63) is 23.8 Å². The first-order chi connectivity index (χ1) is 16.1. The predicted octanol–water partition coefficient (Wildman–Crippen LogP) is 6.15. The van der Waals surface area contributed by atoms with Gasteiger partial charge in [-0.15, -0.1) is 0 Å². The number of benzene rings is 1. The molecule has 4 heteroatoms. The largest absolute Gasteiger partial charge is 0.372 e. The molecule has 0 spiro atoms. The van der Waals surface area contributed by atoms with Crippen molar-refractivity contribution in [2.24, 2.45) is 16.7 Å². The second-order valence-corrected chi connectivity index (χ2v) is 13.7. The Balaban J connectivity index is 1.43. The molecule has 0 amide bonds. The third-order valence-electron chi connectivity index (χ3n) is 8.72. The molecular weight excluding hydrogens is 418 g/mol. The summed E-state index contributed by atoms with van der Waals surface area (Å²) in [6, 6.07) is 7.46. The zero-order valence-corrected chi connectivity index (χ0v) is 22.8. The first kappa shape index (κ1) is 24.4. The van der Waals surface area contributed by atoms with Gasteiger partial charge in [-0.25, -0.2) is 0 Å². The van der Waals surface area contributed by atoms with Gasteiger partial charge in [0, 0.05) is 57.2 Å². The van der Waals surface area contributed by atoms with Gasteiger partial charge in [0.25, 0.3) is 0 Å². The fourth-order valence-electron chi connectivity index (χ4n) is 7.65. The molecule has 2 aliphatic carbocycles. The van der Waals surface area contributed by atoms with Crippen LogP contribution in [-0.4, -0.2) is 62.9 Å². The van der Waals surface area contributed by atoms with Crippen LogP contribution in [0.3, 0.4) is 0 Å². The van der Waals surface area contributed by atoms with E-state index in [1.54, 1.807) is 5.56 Å². The van der Waals surface area contributed by atoms with Crippen LogP contribution in [0.2, 0.25) is 0 Å². The molecule has 190 valence electrons. The van der Waals surface area contributed by atoms with Gasteiger partial charge in [-0.05, 0) is 92.4 Å². The number of rotatable bonds is 5. The van der Waals surface area contributed by atoms with E-state index in [9.17, 15) is 0 Å². The van der Waals surface area contributed by atoms with E-state index in [1.165, 1.54) is 76.2 Å². The third kappa shape index (κ3) is 5.75. The molecule has 4 nitrogen and oxygen atoms in total. The summed E-state index contributed by atoms with van der Waals surface area (Å²) in [4.78, 5) is 7.99. The lowest BCUT2D eigenvalue weighted by atomic mass is 9.60. The summed E-state index contributed by atoms with van der Waals surface area (Å²) >= 11 is 0. The van der Waals surface area contributed by atoms with Gasteiger partial charge in [-0.1, -0.05) is 27.7 Å². The van der Waals surface area contributed by atoms with Crippen LogP contribution in [0.15, 0.2) is 18.2 Å². The van der Waals surface area contributed by atoms with E-state index in [2.05, 4.69) is 74.4 Å². The van der Waals surface area contributed by atoms with Gasteiger partial charge in [0.2, 0.25) is 0 Å². The molecule has 2 atom stereocenters. The van der Waals surface area contributed by atoms with Crippen LogP contribution < -0.4 is 9.80 Å². The Bertz CT molecular complexity index is 827. The Morgan fingerprint density at radius 1 is 0.853 bits per heavy atom. The van der Waals surface area contributed by atoms with Crippen LogP contribution in [0, 0.1) is 16.7 Å². The quantitative estimate of drug-likeness (QED) is 0.517. The zero-order valence-electron chi connectivity index (χ0n) is 22.8. The number of ether oxygens (including phenoxy) is 1. The maximum atomic E-state index is 6.05. The van der Waals surface area contributed by atoms with Gasteiger partial charge in [0.15, 0.2) is 0 Å². The van der Waals surface area contributed by atoms with Crippen LogP contribution in [0.4, 0.5) is 11.4 Å². The number of hydrogen-bond acceptors (Lipinski definition) is 4. The van der Waals surface area contributed by atoms with Crippen LogP contribution in [-0.2, 0) is 4.74 Å². The van der Waals surface area contributed by atoms with E-state index in [0.717, 1.165) is 19.0 Å². The van der Waals surface area contributed by atoms with Crippen molar-refractivity contribution in [1.82, 2.24) is 4.90 Å². The molecule has 2 saturated carbocycles. The molecule has 4 fully saturated rings. The summed E-state index contributed by atoms with van der Waals surface area (Å²) in [6.07, 6.45) is 7.41. The van der Waals surface area contributed by atoms with Gasteiger partial charge in [0.1, 0.15) is 0 Å². The van der Waals surface area contributed by atoms with E-state index in [4.69, 9.17) is 4.74 Å². The SMILES string of the molecule is CC1CN(c2ccc(N3CCN(CC4CC4)CC3)c(C3CC(C)(C)CC(C)(C)C3)c2)CC(C)O1. The van der Waals surface area contributed by atoms with E-state index in [-0.39, 0.29) is 0 Å². The summed E-state index contributed by atoms with van der Waals surface area (Å²) in [6.45, 7) is 22.5. The summed E-state index contributed by atoms with van der Waals surface area (Å²) in [5, 5.41) is 0. The minimum atomic E-state index is 0.291. The van der Waals surface area contributed by atoms with E-state index >= 15 is 0 Å². The lowest BCUT2D eigenvalue weighted by Crippen LogP contribution is -2.47. The number of anilines is 2. The predicted molar refractivity (Wildman–Crippen MR) is 144 cm³/mol. The van der Waals surface area contributed by atoms with E-state index in [1.807, 2.05) is 0 Å². The molecule has 5 rings (SSSR count). The van der Waals surface area contributed by atoms with Crippen LogP contribution in [0.5, 0.6) is 0 Å². The number of nitrogens with zero attached hydrogens (tertiary/aromatic N) is 3. The molecular formula is C30H49N3O. The second kappa shape index (κ2) is 9.32. The Morgan fingerprint density at radius 2 is 1.47 bits per heavy atom. The molecule has 0 N–H and O–H groups in total. The standard InChI is InChI=1S/C30H49N3O/c1-22-18-33(19-23(2)34-22)26-9-10-28(32-13-11-31(12-14-32)20-24-7-8-24)27(15-26)25-16-29(3,4)21-30(5,6)17-25/h9-10,15,22-25H,7-8,11-14,16-21H2,1-6H3. The molecule has 0 radical (unpaired) electrons. The number of piperazine rings is 1. The Morgan fingerprint density at radius 3 is 2.06 bits per heavy atom. The van der Waals surface area contributed by atoms with Crippen molar-refractivity contribution in [1.29, 1.82) is 0 Å². The lowest BCUT2D eigenvalue weighted by molar-refractivity contribution is -0.00522. The number of hydrogen-bond donors (Lipinski definition) is 0. The average Bonchev–Trinajstić information content (AvgIpc) is 3.55. The molecule has 1 aromatic carbocycles. The summed E-state index contributed by atoms with van der Waals surface area (Å²) in [5.74, 6) is 1.63. The summed E-state index contributed by atoms with van der Waals surface area (Å²) < 4.78 is 6.05. The third-order valence-corrected chi connectivity index (χ3v) is 8.72. The minimum Gasteiger partial charge on any atom is -0.372 e. The molecule has 2 aliphatic heterocycles. The van der Waals surface area contributed by atoms with E-state index in [0.29, 0.717) is 29.0 Å². The first-order valence-corrected chi connectivity index (χ1v) is 14.1. The Labute approximate surface area is 209 Å². The molecule has 2 saturated heterocycles. The van der Waals surface area contributed by atoms with Gasteiger partial charge >= 0.3 is 0 Å². The fraction of sp³-hybridized carbons (Fsp3) is 0.800. The van der Waals surface area contributed by atoms with Crippen molar-refractivity contribution in [2.45, 2.75) is 91.8 Å². The maximum Gasteiger partial charge on any atom is 0.0726 e. The first-order valence-electron chi connectivity index (χ1n) is 14.1. The van der Waals surface area contributed by atoms with Crippen LogP contribution in [0.1, 0.15) is 85.1 Å². The molecule has 1 aromatic rings. The molecule has 4 aliphatic rings. The summed E-state index contributed by atoms with van der Waals surface area (Å²) in [7, 11) is 0. The molecule has 0 bridgehead atoms. The van der Waals surface area contributed by atoms with Gasteiger partial charge in [-0.3, -0.25) is 4.90 Å². The highest BCUT2D eigenvalue weighted by Gasteiger charge is 2.40. The Hall–Kier alpha value is -1.26. The van der Waals surface area contributed by atoms with Gasteiger partial charge in [0.05, 0.1) is 12.2 Å². The molecule has 2 heterocycles. The highest BCUT2D eigenvalue weighted by Crippen LogP contribution is 2.53. The van der Waals surface area contributed by atoms with E-state index < -0.39 is 0 Å². The zero-order chi connectivity index (χ0) is 24.1. The maximum absolute atomic E-state index is 6.05. The highest BCUT2D eigenvalue weighted by molar-refractivity contribution is 5.64. The molecule has 0 aromatic heterocycles. The van der Waals surface area contributed by atoms with Crippen LogP contribution >= 0.6 is 0 Å². The average molecular weight is 468 g/mol. The van der Waals surface area contributed by atoms with Crippen molar-refractivity contribution >= 4 is 11.4 Å². The van der Waals surface area contributed by atoms with Crippen molar-refractivity contribution in [3.63, 3.8) is 0 Å². The topological polar surface area (TPSA) is 19.0 Å².